The van der Waals surface area contributed by atoms with Crippen LogP contribution in [0.3, 0.4) is 0 Å². The summed E-state index contributed by atoms with van der Waals surface area (Å²) in [6.07, 6.45) is 4.38. The molecule has 0 aromatic carbocycles. The monoisotopic (exact) mass is 92.1 g/mol. The molecule has 0 radical (unpaired) electrons. The summed E-state index contributed by atoms with van der Waals surface area (Å²) in [5, 5.41) is 0. The molecule has 0 aromatic rings. The molecule has 1 aliphatic rings. The van der Waals surface area contributed by atoms with Gasteiger partial charge in [0.05, 0.1) is 0 Å². The van der Waals surface area contributed by atoms with E-state index in [0.717, 1.165) is 0 Å². The molecular formula is C7H8. The topological polar surface area (TPSA) is 0 Å². The van der Waals surface area contributed by atoms with Crippen LogP contribution in [0.25, 0.3) is 0 Å². The average Bonchev–Trinajstić information content (AvgIpc) is 2.42. The molecular weight excluding hydrogens is 84.1 g/mol. The van der Waals surface area contributed by atoms with Crippen molar-refractivity contribution in [1.29, 1.82) is 0 Å². The lowest BCUT2D eigenvalue weighted by Gasteiger charge is -1.49. The van der Waals surface area contributed by atoms with Gasteiger partial charge >= 0.3 is 0 Å². The lowest BCUT2D eigenvalue weighted by molar-refractivity contribution is 1.50. The van der Waals surface area contributed by atoms with Crippen LogP contribution in [0.15, 0.2) is 23.1 Å². The second kappa shape index (κ2) is 1.84. The molecule has 0 spiro atoms. The molecule has 0 N–H and O–H groups in total. The van der Waals surface area contributed by atoms with Gasteiger partial charge in [-0.05, 0) is 31.4 Å². The van der Waals surface area contributed by atoms with Crippen LogP contribution >= 0.6 is 0 Å². The lowest BCUT2D eigenvalue weighted by atomic mass is 10.6. The van der Waals surface area contributed by atoms with Gasteiger partial charge in [0.25, 0.3) is 0 Å². The third kappa shape index (κ3) is 1.45. The first-order valence-electron chi connectivity index (χ1n) is 2.57. The summed E-state index contributed by atoms with van der Waals surface area (Å²) in [6.45, 7) is 1.95. The van der Waals surface area contributed by atoms with Gasteiger partial charge in [-0.1, -0.05) is 11.5 Å². The van der Waals surface area contributed by atoms with Crippen molar-refractivity contribution in [3.05, 3.63) is 23.1 Å². The van der Waals surface area contributed by atoms with Gasteiger partial charge in [0.2, 0.25) is 0 Å². The third-order valence-electron chi connectivity index (χ3n) is 0.893. The Morgan fingerprint density at radius 3 is 2.71 bits per heavy atom. The van der Waals surface area contributed by atoms with Crippen molar-refractivity contribution in [3.63, 3.8) is 0 Å². The first-order valence-corrected chi connectivity index (χ1v) is 2.57. The van der Waals surface area contributed by atoms with E-state index in [-0.39, 0.29) is 0 Å². The minimum atomic E-state index is 1.25. The Bertz CT molecular complexity index is 145. The largest absolute Gasteiger partial charge is 0.0750 e. The van der Waals surface area contributed by atoms with Gasteiger partial charge in [-0.3, -0.25) is 0 Å². The summed E-state index contributed by atoms with van der Waals surface area (Å²) < 4.78 is 0. The van der Waals surface area contributed by atoms with Gasteiger partial charge in [-0.2, -0.15) is 0 Å². The molecule has 1 aliphatic carbocycles. The van der Waals surface area contributed by atoms with Crippen molar-refractivity contribution < 1.29 is 0 Å². The predicted octanol–water partition coefficient (Wildman–Crippen LogP) is 2.04. The van der Waals surface area contributed by atoms with Crippen LogP contribution in [0.1, 0.15) is 19.8 Å². The Morgan fingerprint density at radius 1 is 1.57 bits per heavy atom. The zero-order valence-electron chi connectivity index (χ0n) is 4.49. The van der Waals surface area contributed by atoms with Crippen molar-refractivity contribution in [2.24, 2.45) is 0 Å². The van der Waals surface area contributed by atoms with Gasteiger partial charge < -0.3 is 0 Å². The van der Waals surface area contributed by atoms with Crippen molar-refractivity contribution in [2.45, 2.75) is 19.8 Å². The van der Waals surface area contributed by atoms with E-state index in [0.29, 0.717) is 0 Å². The summed E-state index contributed by atoms with van der Waals surface area (Å²) in [4.78, 5) is 0. The van der Waals surface area contributed by atoms with Crippen molar-refractivity contribution in [2.75, 3.05) is 0 Å². The van der Waals surface area contributed by atoms with Crippen molar-refractivity contribution in [1.82, 2.24) is 0 Å². The van der Waals surface area contributed by atoms with Crippen molar-refractivity contribution in [3.8, 4) is 0 Å². The Labute approximate surface area is 43.9 Å². The fourth-order valence-electron chi connectivity index (χ4n) is 0.362. The number of hydrogen-bond donors (Lipinski definition) is 0. The maximum absolute atomic E-state index is 3.02. The van der Waals surface area contributed by atoms with Crippen LogP contribution in [-0.4, -0.2) is 0 Å². The van der Waals surface area contributed by atoms with E-state index in [1.807, 2.05) is 13.0 Å². The van der Waals surface area contributed by atoms with Gasteiger partial charge in [-0.25, -0.2) is 0 Å². The van der Waals surface area contributed by atoms with E-state index in [4.69, 9.17) is 0 Å². The van der Waals surface area contributed by atoms with Crippen LogP contribution in [0.2, 0.25) is 0 Å². The SMILES string of the molecule is CC=C=C=C1CC1. The molecule has 0 saturated heterocycles. The molecule has 36 valence electrons. The highest BCUT2D eigenvalue weighted by Crippen LogP contribution is 2.25. The lowest BCUT2D eigenvalue weighted by Crippen LogP contribution is -1.29. The van der Waals surface area contributed by atoms with Crippen LogP contribution < -0.4 is 0 Å². The van der Waals surface area contributed by atoms with E-state index in [1.165, 1.54) is 18.4 Å². The van der Waals surface area contributed by atoms with Gasteiger partial charge in [-0.15, -0.1) is 0 Å². The quantitative estimate of drug-likeness (QED) is 0.401. The number of hydrogen-bond acceptors (Lipinski definition) is 0. The Kier molecular flexibility index (Phi) is 1.17. The zero-order valence-corrected chi connectivity index (χ0v) is 4.49. The first-order chi connectivity index (χ1) is 3.43. The minimum absolute atomic E-state index is 1.25. The molecule has 0 unspecified atom stereocenters. The summed E-state index contributed by atoms with van der Waals surface area (Å²) in [6, 6.07) is 0. The highest BCUT2D eigenvalue weighted by atomic mass is 14.1. The molecule has 0 nitrogen and oxygen atoms in total. The Morgan fingerprint density at radius 2 is 2.29 bits per heavy atom. The summed E-state index contributed by atoms with van der Waals surface area (Å²) in [5.74, 6) is 0. The van der Waals surface area contributed by atoms with Gasteiger partial charge in [0.15, 0.2) is 0 Å². The fraction of sp³-hybridized carbons (Fsp3) is 0.429. The summed E-state index contributed by atoms with van der Waals surface area (Å²) >= 11 is 0. The summed E-state index contributed by atoms with van der Waals surface area (Å²) in [5.41, 5.74) is 7.33. The maximum atomic E-state index is 3.02. The van der Waals surface area contributed by atoms with E-state index in [1.54, 1.807) is 0 Å². The third-order valence-corrected chi connectivity index (χ3v) is 0.893. The normalized spacial score (nSPS) is 14.7. The molecule has 1 rings (SSSR count). The molecule has 0 atom stereocenters. The molecule has 0 heteroatoms. The average molecular weight is 92.1 g/mol. The summed E-state index contributed by atoms with van der Waals surface area (Å²) in [7, 11) is 0. The molecule has 0 amide bonds. The predicted molar refractivity (Wildman–Crippen MR) is 30.0 cm³/mol. The number of allylic oxidation sites excluding steroid dienone is 2. The van der Waals surface area contributed by atoms with Gasteiger partial charge in [0.1, 0.15) is 0 Å². The van der Waals surface area contributed by atoms with Crippen LogP contribution in [-0.2, 0) is 0 Å². The smallest absolute Gasteiger partial charge is 0.0192 e. The molecule has 1 fully saturated rings. The van der Waals surface area contributed by atoms with Crippen molar-refractivity contribution >= 4 is 0 Å². The highest BCUT2D eigenvalue weighted by molar-refractivity contribution is 5.14. The zero-order chi connectivity index (χ0) is 5.11. The minimum Gasteiger partial charge on any atom is -0.0750 e. The first kappa shape index (κ1) is 4.46. The molecule has 7 heavy (non-hydrogen) atoms. The Balaban J connectivity index is 2.76. The van der Waals surface area contributed by atoms with Crippen LogP contribution in [0, 0.1) is 0 Å². The van der Waals surface area contributed by atoms with E-state index >= 15 is 0 Å². The van der Waals surface area contributed by atoms with E-state index in [2.05, 4.69) is 11.5 Å². The second-order valence-corrected chi connectivity index (χ2v) is 1.66. The molecule has 0 aliphatic heterocycles. The van der Waals surface area contributed by atoms with Gasteiger partial charge in [0, 0.05) is 0 Å². The van der Waals surface area contributed by atoms with E-state index in [9.17, 15) is 0 Å². The van der Waals surface area contributed by atoms with Crippen LogP contribution in [0.4, 0.5) is 0 Å². The van der Waals surface area contributed by atoms with Crippen LogP contribution in [0.5, 0.6) is 0 Å². The second-order valence-electron chi connectivity index (χ2n) is 1.66. The molecule has 0 heterocycles. The number of rotatable bonds is 0. The van der Waals surface area contributed by atoms with E-state index < -0.39 is 0 Å². The Hall–Kier alpha value is -0.700. The maximum Gasteiger partial charge on any atom is -0.0192 e. The standard InChI is InChI=1S/C7H8/c1-2-3-4-7-5-6-7/h2H,5-6H2,1H3. The molecule has 1 saturated carbocycles. The fourth-order valence-corrected chi connectivity index (χ4v) is 0.362. The highest BCUT2D eigenvalue weighted by Gasteiger charge is 2.08. The molecule has 0 bridgehead atoms. The molecule has 0 aromatic heterocycles.